The van der Waals surface area contributed by atoms with Crippen molar-refractivity contribution in [3.8, 4) is 0 Å². The average molecular weight is 298 g/mol. The van der Waals surface area contributed by atoms with E-state index in [1.54, 1.807) is 0 Å². The molecule has 0 bridgehead atoms. The van der Waals surface area contributed by atoms with E-state index in [2.05, 4.69) is 24.1 Å². The van der Waals surface area contributed by atoms with Gasteiger partial charge in [-0.2, -0.15) is 0 Å². The number of nitrogens with zero attached hydrogens (tertiary/aromatic N) is 1. The zero-order valence-electron chi connectivity index (χ0n) is 12.9. The lowest BCUT2D eigenvalue weighted by atomic mass is 9.99. The SMILES string of the molecule is CNC(Cc1ccc(F)cc1F)C1CN(C(C)C)CCO1. The van der Waals surface area contributed by atoms with Crippen molar-refractivity contribution in [2.24, 2.45) is 0 Å². The van der Waals surface area contributed by atoms with Crippen molar-refractivity contribution in [3.63, 3.8) is 0 Å². The van der Waals surface area contributed by atoms with E-state index >= 15 is 0 Å². The second-order valence-corrected chi connectivity index (χ2v) is 5.83. The molecule has 5 heteroatoms. The molecule has 2 unspecified atom stereocenters. The third kappa shape index (κ3) is 4.22. The molecule has 1 fully saturated rings. The summed E-state index contributed by atoms with van der Waals surface area (Å²) in [6, 6.07) is 4.22. The Labute approximate surface area is 125 Å². The van der Waals surface area contributed by atoms with Crippen LogP contribution < -0.4 is 5.32 Å². The van der Waals surface area contributed by atoms with E-state index < -0.39 is 11.6 Å². The van der Waals surface area contributed by atoms with Crippen LogP contribution in [-0.2, 0) is 11.2 Å². The first-order valence-electron chi connectivity index (χ1n) is 7.48. The van der Waals surface area contributed by atoms with Gasteiger partial charge in [-0.25, -0.2) is 8.78 Å². The number of ether oxygens (including phenoxy) is 1. The van der Waals surface area contributed by atoms with Gasteiger partial charge in [-0.1, -0.05) is 6.07 Å². The number of hydrogen-bond donors (Lipinski definition) is 1. The number of hydrogen-bond acceptors (Lipinski definition) is 3. The molecule has 0 radical (unpaired) electrons. The number of morpholine rings is 1. The van der Waals surface area contributed by atoms with Crippen molar-refractivity contribution < 1.29 is 13.5 Å². The van der Waals surface area contributed by atoms with Gasteiger partial charge in [0.05, 0.1) is 12.7 Å². The lowest BCUT2D eigenvalue weighted by Crippen LogP contribution is -2.53. The van der Waals surface area contributed by atoms with Gasteiger partial charge in [-0.15, -0.1) is 0 Å². The van der Waals surface area contributed by atoms with Gasteiger partial charge in [0.2, 0.25) is 0 Å². The lowest BCUT2D eigenvalue weighted by molar-refractivity contribution is -0.0542. The van der Waals surface area contributed by atoms with E-state index in [0.29, 0.717) is 24.6 Å². The van der Waals surface area contributed by atoms with Crippen LogP contribution in [0.2, 0.25) is 0 Å². The van der Waals surface area contributed by atoms with E-state index in [0.717, 1.165) is 19.2 Å². The fraction of sp³-hybridized carbons (Fsp3) is 0.625. The molecule has 1 aromatic rings. The molecular weight excluding hydrogens is 274 g/mol. The molecular formula is C16H24F2N2O. The highest BCUT2D eigenvalue weighted by molar-refractivity contribution is 5.20. The molecule has 1 N–H and O–H groups in total. The first kappa shape index (κ1) is 16.3. The minimum atomic E-state index is -0.544. The summed E-state index contributed by atoms with van der Waals surface area (Å²) in [6.07, 6.45) is 0.495. The highest BCUT2D eigenvalue weighted by Gasteiger charge is 2.29. The third-order valence-electron chi connectivity index (χ3n) is 4.13. The number of nitrogens with one attached hydrogen (secondary N) is 1. The summed E-state index contributed by atoms with van der Waals surface area (Å²) < 4.78 is 32.6. The Kier molecular flexibility index (Phi) is 5.67. The summed E-state index contributed by atoms with van der Waals surface area (Å²) in [4.78, 5) is 2.36. The van der Waals surface area contributed by atoms with Gasteiger partial charge in [-0.05, 0) is 38.9 Å². The normalized spacial score (nSPS) is 21.7. The first-order valence-corrected chi connectivity index (χ1v) is 7.48. The lowest BCUT2D eigenvalue weighted by Gasteiger charge is -2.39. The molecule has 3 nitrogen and oxygen atoms in total. The predicted octanol–water partition coefficient (Wildman–Crippen LogP) is 2.20. The minimum absolute atomic E-state index is 0.00603. The van der Waals surface area contributed by atoms with Gasteiger partial charge < -0.3 is 10.1 Å². The van der Waals surface area contributed by atoms with Crippen LogP contribution in [0.3, 0.4) is 0 Å². The number of likely N-dealkylation sites (N-methyl/N-ethyl adjacent to an activating group) is 1. The van der Waals surface area contributed by atoms with E-state index in [9.17, 15) is 8.78 Å². The zero-order valence-corrected chi connectivity index (χ0v) is 12.9. The molecule has 1 aliphatic rings. The molecule has 0 spiro atoms. The Morgan fingerprint density at radius 3 is 2.76 bits per heavy atom. The molecule has 0 aromatic heterocycles. The predicted molar refractivity (Wildman–Crippen MR) is 79.4 cm³/mol. The molecule has 2 rings (SSSR count). The van der Waals surface area contributed by atoms with Gasteiger partial charge in [0.1, 0.15) is 11.6 Å². The fourth-order valence-corrected chi connectivity index (χ4v) is 2.75. The molecule has 1 aliphatic heterocycles. The first-order chi connectivity index (χ1) is 10.0. The van der Waals surface area contributed by atoms with Gasteiger partial charge in [-0.3, -0.25) is 4.90 Å². The van der Waals surface area contributed by atoms with Gasteiger partial charge in [0, 0.05) is 31.2 Å². The maximum absolute atomic E-state index is 13.8. The Hall–Kier alpha value is -1.04. The quantitative estimate of drug-likeness (QED) is 0.902. The van der Waals surface area contributed by atoms with Crippen LogP contribution in [0.15, 0.2) is 18.2 Å². The topological polar surface area (TPSA) is 24.5 Å². The molecule has 1 aromatic carbocycles. The highest BCUT2D eigenvalue weighted by Crippen LogP contribution is 2.17. The van der Waals surface area contributed by atoms with Gasteiger partial charge in [0.15, 0.2) is 0 Å². The number of halogens is 2. The van der Waals surface area contributed by atoms with E-state index in [1.165, 1.54) is 12.1 Å². The van der Waals surface area contributed by atoms with Crippen molar-refractivity contribution in [1.29, 1.82) is 0 Å². The van der Waals surface area contributed by atoms with Gasteiger partial charge in [0.25, 0.3) is 0 Å². The Morgan fingerprint density at radius 1 is 1.38 bits per heavy atom. The smallest absolute Gasteiger partial charge is 0.129 e. The molecule has 0 aliphatic carbocycles. The molecule has 0 saturated carbocycles. The second-order valence-electron chi connectivity index (χ2n) is 5.83. The molecule has 2 atom stereocenters. The van der Waals surface area contributed by atoms with Crippen molar-refractivity contribution in [2.45, 2.75) is 38.5 Å². The summed E-state index contributed by atoms with van der Waals surface area (Å²) in [5, 5.41) is 3.21. The highest BCUT2D eigenvalue weighted by atomic mass is 19.1. The Balaban J connectivity index is 2.05. The van der Waals surface area contributed by atoms with Crippen molar-refractivity contribution >= 4 is 0 Å². The second kappa shape index (κ2) is 7.29. The summed E-state index contributed by atoms with van der Waals surface area (Å²) in [6.45, 7) is 6.77. The van der Waals surface area contributed by atoms with Crippen molar-refractivity contribution in [2.75, 3.05) is 26.7 Å². The molecule has 118 valence electrons. The van der Waals surface area contributed by atoms with E-state index in [-0.39, 0.29) is 12.1 Å². The maximum atomic E-state index is 13.8. The van der Waals surface area contributed by atoms with Crippen LogP contribution >= 0.6 is 0 Å². The third-order valence-corrected chi connectivity index (χ3v) is 4.13. The monoisotopic (exact) mass is 298 g/mol. The summed E-state index contributed by atoms with van der Waals surface area (Å²) in [5.74, 6) is -1.04. The fourth-order valence-electron chi connectivity index (χ4n) is 2.75. The molecule has 21 heavy (non-hydrogen) atoms. The standard InChI is InChI=1S/C16H24F2N2O/c1-11(2)20-6-7-21-16(10-20)15(19-3)8-12-4-5-13(17)9-14(12)18/h4-5,9,11,15-16,19H,6-8,10H2,1-3H3. The molecule has 0 amide bonds. The van der Waals surface area contributed by atoms with Crippen molar-refractivity contribution in [1.82, 2.24) is 10.2 Å². The van der Waals surface area contributed by atoms with Gasteiger partial charge >= 0.3 is 0 Å². The molecule has 1 heterocycles. The van der Waals surface area contributed by atoms with Crippen LogP contribution in [0.5, 0.6) is 0 Å². The minimum Gasteiger partial charge on any atom is -0.374 e. The summed E-state index contributed by atoms with van der Waals surface area (Å²) in [5.41, 5.74) is 0.515. The van der Waals surface area contributed by atoms with E-state index in [1.807, 2.05) is 7.05 Å². The number of benzene rings is 1. The van der Waals surface area contributed by atoms with E-state index in [4.69, 9.17) is 4.74 Å². The van der Waals surface area contributed by atoms with Crippen molar-refractivity contribution in [3.05, 3.63) is 35.4 Å². The maximum Gasteiger partial charge on any atom is 0.129 e. The van der Waals surface area contributed by atoms with Crippen LogP contribution in [0.4, 0.5) is 8.78 Å². The number of rotatable bonds is 5. The average Bonchev–Trinajstić information content (AvgIpc) is 2.46. The largest absolute Gasteiger partial charge is 0.374 e. The Bertz CT molecular complexity index is 468. The summed E-state index contributed by atoms with van der Waals surface area (Å²) >= 11 is 0. The van der Waals surface area contributed by atoms with Crippen LogP contribution in [0.1, 0.15) is 19.4 Å². The van der Waals surface area contributed by atoms with Crippen LogP contribution in [-0.4, -0.2) is 49.8 Å². The summed E-state index contributed by atoms with van der Waals surface area (Å²) in [7, 11) is 1.85. The Morgan fingerprint density at radius 2 is 2.14 bits per heavy atom. The van der Waals surface area contributed by atoms with Crippen LogP contribution in [0, 0.1) is 11.6 Å². The van der Waals surface area contributed by atoms with Crippen LogP contribution in [0.25, 0.3) is 0 Å². The zero-order chi connectivity index (χ0) is 15.4. The molecule has 1 saturated heterocycles.